The molecule has 0 bridgehead atoms. The number of halogens is 6. The Morgan fingerprint density at radius 3 is 1.78 bits per heavy atom. The van der Waals surface area contributed by atoms with Gasteiger partial charge in [-0.25, -0.2) is 0 Å². The average Bonchev–Trinajstić information content (AvgIpc) is 2.20. The van der Waals surface area contributed by atoms with Crippen LogP contribution in [0, 0.1) is 5.92 Å². The molecule has 0 spiro atoms. The highest BCUT2D eigenvalue weighted by Gasteiger charge is 2.70. The fourth-order valence-corrected chi connectivity index (χ4v) is 1.53. The summed E-state index contributed by atoms with van der Waals surface area (Å²) in [6, 6.07) is 0. The summed E-state index contributed by atoms with van der Waals surface area (Å²) < 4.78 is 74.6. The minimum absolute atomic E-state index is 0.0709. The van der Waals surface area contributed by atoms with Crippen molar-refractivity contribution in [3.8, 4) is 0 Å². The Morgan fingerprint density at radius 2 is 1.50 bits per heavy atom. The smallest absolute Gasteiger partial charge is 0.374 e. The van der Waals surface area contributed by atoms with Crippen molar-refractivity contribution in [2.75, 3.05) is 0 Å². The zero-order chi connectivity index (χ0) is 14.6. The van der Waals surface area contributed by atoms with Crippen LogP contribution in [-0.2, 0) is 0 Å². The molecule has 0 aromatic rings. The lowest BCUT2D eigenvalue weighted by Gasteiger charge is -2.34. The zero-order valence-electron chi connectivity index (χ0n) is 10.1. The van der Waals surface area contributed by atoms with Crippen LogP contribution >= 0.6 is 0 Å². The number of rotatable bonds is 5. The SMILES string of the molecule is C/C=C\CC(CC)CC(O)(C(F)(F)F)C(F)(F)F. The molecule has 0 aliphatic carbocycles. The maximum absolute atomic E-state index is 12.4. The Kier molecular flexibility index (Phi) is 5.71. The van der Waals surface area contributed by atoms with Crippen LogP contribution in [0.1, 0.15) is 33.1 Å². The Labute approximate surface area is 101 Å². The highest BCUT2D eigenvalue weighted by Crippen LogP contribution is 2.47. The first-order chi connectivity index (χ1) is 7.99. The number of alkyl halides is 6. The Morgan fingerprint density at radius 1 is 1.06 bits per heavy atom. The van der Waals surface area contributed by atoms with Crippen LogP contribution in [-0.4, -0.2) is 23.1 Å². The molecule has 0 saturated carbocycles. The van der Waals surface area contributed by atoms with Gasteiger partial charge >= 0.3 is 12.4 Å². The van der Waals surface area contributed by atoms with Crippen LogP contribution in [0.2, 0.25) is 0 Å². The quantitative estimate of drug-likeness (QED) is 0.589. The molecular formula is C11H16F6O. The molecule has 0 rings (SSSR count). The van der Waals surface area contributed by atoms with Crippen molar-refractivity contribution in [2.24, 2.45) is 5.92 Å². The van der Waals surface area contributed by atoms with E-state index < -0.39 is 30.3 Å². The van der Waals surface area contributed by atoms with E-state index >= 15 is 0 Å². The van der Waals surface area contributed by atoms with Crippen molar-refractivity contribution in [3.63, 3.8) is 0 Å². The molecule has 18 heavy (non-hydrogen) atoms. The Balaban J connectivity index is 5.13. The maximum Gasteiger partial charge on any atom is 0.426 e. The van der Waals surface area contributed by atoms with Gasteiger partial charge in [-0.3, -0.25) is 0 Å². The summed E-state index contributed by atoms with van der Waals surface area (Å²) >= 11 is 0. The van der Waals surface area contributed by atoms with Gasteiger partial charge in [-0.05, 0) is 25.7 Å². The molecule has 0 heterocycles. The van der Waals surface area contributed by atoms with E-state index in [1.165, 1.54) is 13.0 Å². The van der Waals surface area contributed by atoms with E-state index in [4.69, 9.17) is 5.11 Å². The fraction of sp³-hybridized carbons (Fsp3) is 0.818. The van der Waals surface area contributed by atoms with Gasteiger partial charge in [0.1, 0.15) is 0 Å². The van der Waals surface area contributed by atoms with Gasteiger partial charge < -0.3 is 5.11 Å². The van der Waals surface area contributed by atoms with E-state index in [-0.39, 0.29) is 12.8 Å². The summed E-state index contributed by atoms with van der Waals surface area (Å²) in [6.07, 6.45) is -9.60. The first-order valence-electron chi connectivity index (χ1n) is 5.46. The van der Waals surface area contributed by atoms with Crippen LogP contribution in [0.3, 0.4) is 0 Å². The predicted molar refractivity (Wildman–Crippen MR) is 54.9 cm³/mol. The van der Waals surface area contributed by atoms with Crippen LogP contribution in [0.4, 0.5) is 26.3 Å². The van der Waals surface area contributed by atoms with E-state index in [0.717, 1.165) is 0 Å². The highest BCUT2D eigenvalue weighted by atomic mass is 19.4. The molecule has 0 radical (unpaired) electrons. The van der Waals surface area contributed by atoms with Gasteiger partial charge in [0.15, 0.2) is 0 Å². The average molecular weight is 278 g/mol. The number of aliphatic hydroxyl groups is 1. The maximum atomic E-state index is 12.4. The molecule has 0 aliphatic rings. The van der Waals surface area contributed by atoms with Gasteiger partial charge in [0.25, 0.3) is 5.60 Å². The monoisotopic (exact) mass is 278 g/mol. The topological polar surface area (TPSA) is 20.2 Å². The number of hydrogen-bond acceptors (Lipinski definition) is 1. The number of allylic oxidation sites excluding steroid dienone is 2. The van der Waals surface area contributed by atoms with Gasteiger partial charge in [0.05, 0.1) is 0 Å². The van der Waals surface area contributed by atoms with E-state index in [1.54, 1.807) is 13.0 Å². The zero-order valence-corrected chi connectivity index (χ0v) is 10.1. The highest BCUT2D eigenvalue weighted by molar-refractivity contribution is 4.96. The van der Waals surface area contributed by atoms with Gasteiger partial charge in [-0.2, -0.15) is 26.3 Å². The third kappa shape index (κ3) is 3.90. The molecule has 1 nitrogen and oxygen atoms in total. The van der Waals surface area contributed by atoms with Crippen molar-refractivity contribution < 1.29 is 31.4 Å². The molecule has 108 valence electrons. The molecule has 0 aromatic carbocycles. The molecular weight excluding hydrogens is 262 g/mol. The van der Waals surface area contributed by atoms with Gasteiger partial charge in [0, 0.05) is 0 Å². The summed E-state index contributed by atoms with van der Waals surface area (Å²) in [5.74, 6) is -0.880. The van der Waals surface area contributed by atoms with E-state index in [0.29, 0.717) is 0 Å². The second-order valence-electron chi connectivity index (χ2n) is 4.14. The molecule has 1 atom stereocenters. The van der Waals surface area contributed by atoms with Crippen LogP contribution in [0.5, 0.6) is 0 Å². The lowest BCUT2D eigenvalue weighted by atomic mass is 9.85. The molecule has 1 N–H and O–H groups in total. The van der Waals surface area contributed by atoms with Gasteiger partial charge in [0.2, 0.25) is 0 Å². The molecule has 0 aliphatic heterocycles. The third-order valence-electron chi connectivity index (χ3n) is 2.80. The van der Waals surface area contributed by atoms with E-state index in [9.17, 15) is 26.3 Å². The summed E-state index contributed by atoms with van der Waals surface area (Å²) in [7, 11) is 0. The predicted octanol–water partition coefficient (Wildman–Crippen LogP) is 4.22. The second-order valence-corrected chi connectivity index (χ2v) is 4.14. The molecule has 7 heteroatoms. The summed E-state index contributed by atoms with van der Waals surface area (Å²) in [5, 5.41) is 9.01. The Bertz CT molecular complexity index is 264. The lowest BCUT2D eigenvalue weighted by Crippen LogP contribution is -2.57. The minimum Gasteiger partial charge on any atom is -0.374 e. The Hall–Kier alpha value is -0.720. The molecule has 0 saturated heterocycles. The molecule has 0 fully saturated rings. The summed E-state index contributed by atoms with van der Waals surface area (Å²) in [5.41, 5.74) is -4.64. The van der Waals surface area contributed by atoms with Crippen molar-refractivity contribution in [1.29, 1.82) is 0 Å². The van der Waals surface area contributed by atoms with Crippen molar-refractivity contribution >= 4 is 0 Å². The summed E-state index contributed by atoms with van der Waals surface area (Å²) in [6.45, 7) is 3.10. The summed E-state index contributed by atoms with van der Waals surface area (Å²) in [4.78, 5) is 0. The molecule has 0 aromatic heterocycles. The van der Waals surface area contributed by atoms with Crippen molar-refractivity contribution in [3.05, 3.63) is 12.2 Å². The van der Waals surface area contributed by atoms with Crippen LogP contribution in [0.25, 0.3) is 0 Å². The third-order valence-corrected chi connectivity index (χ3v) is 2.80. The minimum atomic E-state index is -5.73. The normalized spacial score (nSPS) is 16.3. The fourth-order valence-electron chi connectivity index (χ4n) is 1.53. The first kappa shape index (κ1) is 17.3. The molecule has 1 unspecified atom stereocenters. The van der Waals surface area contributed by atoms with Crippen LogP contribution in [0.15, 0.2) is 12.2 Å². The molecule has 0 amide bonds. The van der Waals surface area contributed by atoms with Crippen molar-refractivity contribution in [1.82, 2.24) is 0 Å². The van der Waals surface area contributed by atoms with Gasteiger partial charge in [-0.1, -0.05) is 25.5 Å². The standard InChI is InChI=1S/C11H16F6O/c1-3-5-6-8(4-2)7-9(18,10(12,13)14)11(15,16)17/h3,5,8,18H,4,6-7H2,1-2H3/b5-3-. The largest absolute Gasteiger partial charge is 0.426 e. The second kappa shape index (κ2) is 5.95. The number of hydrogen-bond donors (Lipinski definition) is 1. The van der Waals surface area contributed by atoms with E-state index in [2.05, 4.69) is 0 Å². The lowest BCUT2D eigenvalue weighted by molar-refractivity contribution is -0.372. The first-order valence-corrected chi connectivity index (χ1v) is 5.46. The van der Waals surface area contributed by atoms with Crippen molar-refractivity contribution in [2.45, 2.75) is 51.1 Å². The van der Waals surface area contributed by atoms with Gasteiger partial charge in [-0.15, -0.1) is 0 Å². The van der Waals surface area contributed by atoms with Crippen LogP contribution < -0.4 is 0 Å². The van der Waals surface area contributed by atoms with E-state index in [1.807, 2.05) is 0 Å².